The SMILES string of the molecule is [B]c1c(-c2ccc(C)cc2)nn2c(N3CCOCC3)cc(N/N=C/c3cccc(C)c3)nc12. The minimum Gasteiger partial charge on any atom is -0.378 e. The highest BCUT2D eigenvalue weighted by molar-refractivity contribution is 6.39. The lowest BCUT2D eigenvalue weighted by atomic mass is 9.92. The molecule has 164 valence electrons. The van der Waals surface area contributed by atoms with Gasteiger partial charge in [-0.15, -0.1) is 0 Å². The summed E-state index contributed by atoms with van der Waals surface area (Å²) >= 11 is 0. The van der Waals surface area contributed by atoms with Crippen LogP contribution in [0.5, 0.6) is 0 Å². The average molecular weight is 436 g/mol. The molecule has 4 aromatic rings. The fourth-order valence-electron chi connectivity index (χ4n) is 3.94. The van der Waals surface area contributed by atoms with Crippen molar-refractivity contribution in [3.8, 4) is 11.3 Å². The summed E-state index contributed by atoms with van der Waals surface area (Å²) in [5.74, 6) is 1.51. The van der Waals surface area contributed by atoms with Crippen molar-refractivity contribution in [1.29, 1.82) is 0 Å². The molecule has 0 unspecified atom stereocenters. The van der Waals surface area contributed by atoms with Crippen molar-refractivity contribution in [3.05, 3.63) is 71.3 Å². The van der Waals surface area contributed by atoms with Crippen LogP contribution in [0.4, 0.5) is 11.6 Å². The molecule has 1 N–H and O–H groups in total. The number of aryl methyl sites for hydroxylation is 2. The molecule has 1 aliphatic heterocycles. The highest BCUT2D eigenvalue weighted by Gasteiger charge is 2.20. The Morgan fingerprint density at radius 1 is 1.03 bits per heavy atom. The molecule has 2 radical (unpaired) electrons. The van der Waals surface area contributed by atoms with E-state index in [2.05, 4.69) is 53.5 Å². The fourth-order valence-corrected chi connectivity index (χ4v) is 3.94. The lowest BCUT2D eigenvalue weighted by Gasteiger charge is -2.29. The van der Waals surface area contributed by atoms with E-state index in [-0.39, 0.29) is 0 Å². The fraction of sp³-hybridized carbons (Fsp3) is 0.240. The van der Waals surface area contributed by atoms with Crippen LogP contribution in [-0.4, -0.2) is 55.0 Å². The number of aromatic nitrogens is 3. The van der Waals surface area contributed by atoms with E-state index in [1.54, 1.807) is 6.21 Å². The molecular formula is C25H25BN6O. The van der Waals surface area contributed by atoms with Gasteiger partial charge in [0.2, 0.25) is 0 Å². The van der Waals surface area contributed by atoms with Gasteiger partial charge in [-0.2, -0.15) is 14.7 Å². The van der Waals surface area contributed by atoms with E-state index >= 15 is 0 Å². The molecule has 1 fully saturated rings. The zero-order chi connectivity index (χ0) is 22.8. The second kappa shape index (κ2) is 9.07. The molecule has 0 spiro atoms. The Kier molecular flexibility index (Phi) is 5.83. The van der Waals surface area contributed by atoms with Gasteiger partial charge in [0.1, 0.15) is 13.7 Å². The van der Waals surface area contributed by atoms with Crippen molar-refractivity contribution < 1.29 is 4.74 Å². The number of rotatable bonds is 5. The Morgan fingerprint density at radius 2 is 1.82 bits per heavy atom. The van der Waals surface area contributed by atoms with Gasteiger partial charge >= 0.3 is 0 Å². The Bertz CT molecular complexity index is 1310. The Hall–Kier alpha value is -3.65. The van der Waals surface area contributed by atoms with Crippen LogP contribution in [0.1, 0.15) is 16.7 Å². The smallest absolute Gasteiger partial charge is 0.153 e. The molecule has 8 heteroatoms. The Balaban J connectivity index is 1.55. The first kappa shape index (κ1) is 21.2. The quantitative estimate of drug-likeness (QED) is 0.296. The monoisotopic (exact) mass is 436 g/mol. The molecule has 1 aliphatic rings. The standard InChI is InChI=1S/C25H25BN6O/c1-17-6-8-20(9-7-17)24-23(26)25-28-21(29-27-16-19-5-3-4-18(2)14-19)15-22(32(25)30-24)31-10-12-33-13-11-31/h3-9,14-16H,10-13H2,1-2H3,(H,28,29)/b27-16+. The molecule has 2 aromatic carbocycles. The number of morpholine rings is 1. The predicted octanol–water partition coefficient (Wildman–Crippen LogP) is 3.09. The van der Waals surface area contributed by atoms with Crippen molar-refractivity contribution >= 4 is 36.8 Å². The van der Waals surface area contributed by atoms with E-state index in [9.17, 15) is 0 Å². The number of anilines is 2. The lowest BCUT2D eigenvalue weighted by molar-refractivity contribution is 0.122. The summed E-state index contributed by atoms with van der Waals surface area (Å²) < 4.78 is 7.37. The second-order valence-electron chi connectivity index (χ2n) is 8.25. The van der Waals surface area contributed by atoms with Crippen molar-refractivity contribution in [1.82, 2.24) is 14.6 Å². The van der Waals surface area contributed by atoms with Crippen LogP contribution in [-0.2, 0) is 4.74 Å². The van der Waals surface area contributed by atoms with E-state index < -0.39 is 0 Å². The minimum absolute atomic E-state index is 0.541. The molecule has 0 saturated carbocycles. The Morgan fingerprint density at radius 3 is 2.58 bits per heavy atom. The van der Waals surface area contributed by atoms with Gasteiger partial charge in [-0.05, 0) is 24.9 Å². The van der Waals surface area contributed by atoms with Gasteiger partial charge in [-0.3, -0.25) is 5.43 Å². The van der Waals surface area contributed by atoms with Crippen molar-refractivity contribution in [2.24, 2.45) is 5.10 Å². The normalized spacial score (nSPS) is 14.3. The van der Waals surface area contributed by atoms with Crippen LogP contribution < -0.4 is 15.8 Å². The van der Waals surface area contributed by atoms with E-state index in [4.69, 9.17) is 22.7 Å². The largest absolute Gasteiger partial charge is 0.378 e. The Labute approximate surface area is 194 Å². The zero-order valence-corrected chi connectivity index (χ0v) is 18.8. The number of fused-ring (bicyclic) bond motifs is 1. The third kappa shape index (κ3) is 4.47. The molecule has 0 amide bonds. The first-order chi connectivity index (χ1) is 16.1. The predicted molar refractivity (Wildman–Crippen MR) is 134 cm³/mol. The maximum atomic E-state index is 6.56. The van der Waals surface area contributed by atoms with E-state index in [0.29, 0.717) is 30.1 Å². The minimum atomic E-state index is 0.541. The number of nitrogens with zero attached hydrogens (tertiary/aromatic N) is 5. The maximum Gasteiger partial charge on any atom is 0.153 e. The van der Waals surface area contributed by atoms with Crippen LogP contribution >= 0.6 is 0 Å². The lowest BCUT2D eigenvalue weighted by Crippen LogP contribution is -2.37. The average Bonchev–Trinajstić information content (AvgIpc) is 3.16. The number of nitrogens with one attached hydrogen (secondary N) is 1. The third-order valence-corrected chi connectivity index (χ3v) is 5.70. The van der Waals surface area contributed by atoms with Crippen molar-refractivity contribution in [2.45, 2.75) is 13.8 Å². The molecular weight excluding hydrogens is 411 g/mol. The van der Waals surface area contributed by atoms with Crippen LogP contribution in [0.25, 0.3) is 16.9 Å². The number of hydrogen-bond donors (Lipinski definition) is 1. The molecule has 5 rings (SSSR count). The van der Waals surface area contributed by atoms with Gasteiger partial charge in [0.05, 0.1) is 25.1 Å². The number of hydrazone groups is 1. The van der Waals surface area contributed by atoms with Crippen LogP contribution in [0.2, 0.25) is 0 Å². The summed E-state index contributed by atoms with van der Waals surface area (Å²) in [6.07, 6.45) is 1.78. The molecule has 0 aliphatic carbocycles. The van der Waals surface area contributed by atoms with E-state index in [0.717, 1.165) is 35.7 Å². The number of benzene rings is 2. The van der Waals surface area contributed by atoms with Crippen molar-refractivity contribution in [3.63, 3.8) is 0 Å². The van der Waals surface area contributed by atoms with Gasteiger partial charge in [0.25, 0.3) is 0 Å². The van der Waals surface area contributed by atoms with Crippen LogP contribution in [0.3, 0.4) is 0 Å². The summed E-state index contributed by atoms with van der Waals surface area (Å²) in [7, 11) is 6.56. The van der Waals surface area contributed by atoms with E-state index in [1.165, 1.54) is 11.1 Å². The van der Waals surface area contributed by atoms with Gasteiger partial charge in [-0.1, -0.05) is 59.7 Å². The van der Waals surface area contributed by atoms with Crippen LogP contribution in [0.15, 0.2) is 59.7 Å². The summed E-state index contributed by atoms with van der Waals surface area (Å²) in [4.78, 5) is 6.97. The molecule has 1 saturated heterocycles. The van der Waals surface area contributed by atoms with E-state index in [1.807, 2.05) is 34.8 Å². The summed E-state index contributed by atoms with van der Waals surface area (Å²) in [6.45, 7) is 6.99. The first-order valence-electron chi connectivity index (χ1n) is 11.0. The third-order valence-electron chi connectivity index (χ3n) is 5.70. The van der Waals surface area contributed by atoms with Gasteiger partial charge < -0.3 is 9.64 Å². The highest BCUT2D eigenvalue weighted by atomic mass is 16.5. The van der Waals surface area contributed by atoms with Gasteiger partial charge in [-0.25, -0.2) is 4.98 Å². The molecule has 0 atom stereocenters. The molecule has 0 bridgehead atoms. The molecule has 7 nitrogen and oxygen atoms in total. The second-order valence-corrected chi connectivity index (χ2v) is 8.25. The first-order valence-corrected chi connectivity index (χ1v) is 11.0. The molecule has 33 heavy (non-hydrogen) atoms. The molecule has 3 heterocycles. The maximum absolute atomic E-state index is 6.56. The van der Waals surface area contributed by atoms with Crippen LogP contribution in [0, 0.1) is 13.8 Å². The number of ether oxygens (including phenoxy) is 1. The molecule has 2 aromatic heterocycles. The summed E-state index contributed by atoms with van der Waals surface area (Å²) in [6, 6.07) is 18.3. The zero-order valence-electron chi connectivity index (χ0n) is 18.8. The van der Waals surface area contributed by atoms with Gasteiger partial charge in [0.15, 0.2) is 11.5 Å². The van der Waals surface area contributed by atoms with Gasteiger partial charge in [0, 0.05) is 24.7 Å². The topological polar surface area (TPSA) is 67.0 Å². The number of hydrogen-bond acceptors (Lipinski definition) is 6. The van der Waals surface area contributed by atoms with Crippen molar-refractivity contribution in [2.75, 3.05) is 36.6 Å². The summed E-state index contributed by atoms with van der Waals surface area (Å²) in [5, 5.41) is 9.25. The summed E-state index contributed by atoms with van der Waals surface area (Å²) in [5.41, 5.74) is 9.28. The highest BCUT2D eigenvalue weighted by Crippen LogP contribution is 2.24.